The molecule has 7 nitrogen and oxygen atoms in total. The number of para-hydroxylation sites is 1. The van der Waals surface area contributed by atoms with E-state index in [-0.39, 0.29) is 16.9 Å². The Bertz CT molecular complexity index is 623. The maximum Gasteiger partial charge on any atom is 0.304 e. The Balaban J connectivity index is 2.06. The van der Waals surface area contributed by atoms with E-state index < -0.39 is 10.8 Å². The van der Waals surface area contributed by atoms with Crippen LogP contribution in [0.25, 0.3) is 0 Å². The third kappa shape index (κ3) is 2.94. The smallest absolute Gasteiger partial charge is 0.304 e. The Morgan fingerprint density at radius 3 is 2.80 bits per heavy atom. The fourth-order valence-electron chi connectivity index (χ4n) is 1.80. The Morgan fingerprint density at radius 2 is 2.15 bits per heavy atom. The van der Waals surface area contributed by atoms with Crippen LogP contribution in [0.2, 0.25) is 0 Å². The molecule has 0 spiro atoms. The summed E-state index contributed by atoms with van der Waals surface area (Å²) in [4.78, 5) is 22.2. The zero-order valence-corrected chi connectivity index (χ0v) is 10.5. The second-order valence-corrected chi connectivity index (χ2v) is 4.09. The van der Waals surface area contributed by atoms with E-state index >= 15 is 0 Å². The molecule has 0 fully saturated rings. The highest BCUT2D eigenvalue weighted by Crippen LogP contribution is 2.25. The molecule has 0 radical (unpaired) electrons. The van der Waals surface area contributed by atoms with Crippen LogP contribution >= 0.6 is 0 Å². The molecule has 7 heteroatoms. The van der Waals surface area contributed by atoms with Crippen molar-refractivity contribution in [3.63, 3.8) is 0 Å². The largest absolute Gasteiger partial charge is 0.469 e. The number of anilines is 1. The van der Waals surface area contributed by atoms with Crippen LogP contribution in [-0.2, 0) is 6.42 Å². The number of nitrogen functional groups attached to an aromatic ring is 1. The van der Waals surface area contributed by atoms with Crippen LogP contribution in [0, 0.1) is 10.1 Å². The van der Waals surface area contributed by atoms with Gasteiger partial charge in [-0.05, 0) is 24.3 Å². The Kier molecular flexibility index (Phi) is 3.99. The van der Waals surface area contributed by atoms with E-state index in [2.05, 4.69) is 5.32 Å². The normalized spacial score (nSPS) is 10.2. The van der Waals surface area contributed by atoms with Crippen molar-refractivity contribution in [3.8, 4) is 0 Å². The first-order valence-electron chi connectivity index (χ1n) is 5.93. The number of nitro benzene ring substituents is 1. The highest BCUT2D eigenvalue weighted by Gasteiger charge is 2.22. The molecular formula is C13H13N3O4. The topological polar surface area (TPSA) is 111 Å². The maximum absolute atomic E-state index is 11.9. The highest BCUT2D eigenvalue weighted by atomic mass is 16.6. The fourth-order valence-corrected chi connectivity index (χ4v) is 1.80. The molecule has 0 saturated heterocycles. The van der Waals surface area contributed by atoms with Gasteiger partial charge in [-0.15, -0.1) is 0 Å². The SMILES string of the molecule is Nc1cccc(C(=O)NCCc2ccco2)c1[N+](=O)[O-]. The van der Waals surface area contributed by atoms with E-state index in [0.717, 1.165) is 5.76 Å². The van der Waals surface area contributed by atoms with E-state index in [4.69, 9.17) is 10.2 Å². The van der Waals surface area contributed by atoms with E-state index in [0.29, 0.717) is 13.0 Å². The molecule has 2 rings (SSSR count). The molecule has 0 bridgehead atoms. The number of furan rings is 1. The minimum absolute atomic E-state index is 0.0336. The number of benzene rings is 1. The van der Waals surface area contributed by atoms with Gasteiger partial charge in [-0.25, -0.2) is 0 Å². The van der Waals surface area contributed by atoms with Crippen LogP contribution in [0.3, 0.4) is 0 Å². The molecule has 0 unspecified atom stereocenters. The molecule has 1 aromatic carbocycles. The van der Waals surface area contributed by atoms with Crippen molar-refractivity contribution >= 4 is 17.3 Å². The Hall–Kier alpha value is -2.83. The number of nitrogens with one attached hydrogen (secondary N) is 1. The fraction of sp³-hybridized carbons (Fsp3) is 0.154. The average molecular weight is 275 g/mol. The van der Waals surface area contributed by atoms with Gasteiger partial charge in [0.25, 0.3) is 5.91 Å². The standard InChI is InChI=1S/C13H13N3O4/c14-11-5-1-4-10(12(11)16(18)19)13(17)15-7-6-9-3-2-8-20-9/h1-5,8H,6-7,14H2,(H,15,17). The van der Waals surface area contributed by atoms with Gasteiger partial charge in [0.15, 0.2) is 0 Å². The summed E-state index contributed by atoms with van der Waals surface area (Å²) in [5.74, 6) is 0.197. The van der Waals surface area contributed by atoms with E-state index in [1.807, 2.05) is 0 Å². The Labute approximate surface area is 114 Å². The number of carbonyl (C=O) groups excluding carboxylic acids is 1. The quantitative estimate of drug-likeness (QED) is 0.490. The highest BCUT2D eigenvalue weighted by molar-refractivity contribution is 6.00. The van der Waals surface area contributed by atoms with E-state index in [9.17, 15) is 14.9 Å². The van der Waals surface area contributed by atoms with Crippen LogP contribution in [0.15, 0.2) is 41.0 Å². The minimum atomic E-state index is -0.656. The predicted molar refractivity (Wildman–Crippen MR) is 72.3 cm³/mol. The third-order valence-electron chi connectivity index (χ3n) is 2.73. The molecule has 0 atom stereocenters. The summed E-state index contributed by atoms with van der Waals surface area (Å²) in [6.07, 6.45) is 2.05. The molecule has 0 aliphatic heterocycles. The number of nitrogens with two attached hydrogens (primary N) is 1. The van der Waals surface area contributed by atoms with Crippen LogP contribution in [0.5, 0.6) is 0 Å². The van der Waals surface area contributed by atoms with Crippen LogP contribution in [0.1, 0.15) is 16.1 Å². The lowest BCUT2D eigenvalue weighted by Crippen LogP contribution is -2.26. The molecule has 0 saturated carbocycles. The van der Waals surface area contributed by atoms with Gasteiger partial charge in [-0.3, -0.25) is 14.9 Å². The van der Waals surface area contributed by atoms with Gasteiger partial charge in [0.2, 0.25) is 0 Å². The summed E-state index contributed by atoms with van der Waals surface area (Å²) in [7, 11) is 0. The van der Waals surface area contributed by atoms with Gasteiger partial charge in [-0.2, -0.15) is 0 Å². The van der Waals surface area contributed by atoms with E-state index in [1.165, 1.54) is 18.2 Å². The maximum atomic E-state index is 11.9. The van der Waals surface area contributed by atoms with Gasteiger partial charge in [-0.1, -0.05) is 6.07 Å². The minimum Gasteiger partial charge on any atom is -0.469 e. The molecule has 20 heavy (non-hydrogen) atoms. The number of nitro groups is 1. The third-order valence-corrected chi connectivity index (χ3v) is 2.73. The summed E-state index contributed by atoms with van der Waals surface area (Å²) in [6, 6.07) is 7.80. The molecule has 104 valence electrons. The zero-order valence-electron chi connectivity index (χ0n) is 10.5. The molecule has 1 heterocycles. The average Bonchev–Trinajstić information content (AvgIpc) is 2.91. The summed E-state index contributed by atoms with van der Waals surface area (Å²) >= 11 is 0. The summed E-state index contributed by atoms with van der Waals surface area (Å²) < 4.78 is 5.12. The number of carbonyl (C=O) groups is 1. The number of rotatable bonds is 5. The van der Waals surface area contributed by atoms with Crippen molar-refractivity contribution in [3.05, 3.63) is 58.0 Å². The first-order chi connectivity index (χ1) is 9.59. The predicted octanol–water partition coefficient (Wildman–Crippen LogP) is 1.74. The second-order valence-electron chi connectivity index (χ2n) is 4.09. The first-order valence-corrected chi connectivity index (χ1v) is 5.93. The number of hydrogen-bond acceptors (Lipinski definition) is 5. The molecule has 0 aliphatic rings. The van der Waals surface area contributed by atoms with Crippen molar-refractivity contribution in [2.45, 2.75) is 6.42 Å². The van der Waals surface area contributed by atoms with Crippen molar-refractivity contribution in [1.82, 2.24) is 5.32 Å². The molecule has 1 amide bonds. The van der Waals surface area contributed by atoms with Gasteiger partial charge in [0.05, 0.1) is 11.2 Å². The van der Waals surface area contributed by atoms with Crippen LogP contribution in [0.4, 0.5) is 11.4 Å². The molecule has 0 aliphatic carbocycles. The van der Waals surface area contributed by atoms with Crippen molar-refractivity contribution in [2.24, 2.45) is 0 Å². The monoisotopic (exact) mass is 275 g/mol. The molecule has 2 aromatic rings. The summed E-state index contributed by atoms with van der Waals surface area (Å²) in [5, 5.41) is 13.5. The van der Waals surface area contributed by atoms with Gasteiger partial charge < -0.3 is 15.5 Å². The van der Waals surface area contributed by atoms with E-state index in [1.54, 1.807) is 18.4 Å². The zero-order chi connectivity index (χ0) is 14.5. The van der Waals surface area contributed by atoms with Crippen molar-refractivity contribution < 1.29 is 14.1 Å². The van der Waals surface area contributed by atoms with Crippen LogP contribution in [-0.4, -0.2) is 17.4 Å². The van der Waals surface area contributed by atoms with Gasteiger partial charge in [0.1, 0.15) is 17.0 Å². The van der Waals surface area contributed by atoms with Crippen molar-refractivity contribution in [1.29, 1.82) is 0 Å². The van der Waals surface area contributed by atoms with Crippen LogP contribution < -0.4 is 11.1 Å². The molecule has 3 N–H and O–H groups in total. The number of hydrogen-bond donors (Lipinski definition) is 2. The number of amides is 1. The number of nitrogens with zero attached hydrogens (tertiary/aromatic N) is 1. The van der Waals surface area contributed by atoms with Gasteiger partial charge >= 0.3 is 5.69 Å². The summed E-state index contributed by atoms with van der Waals surface area (Å²) in [6.45, 7) is 0.318. The lowest BCUT2D eigenvalue weighted by molar-refractivity contribution is -0.384. The lowest BCUT2D eigenvalue weighted by Gasteiger charge is -2.06. The molecule has 1 aromatic heterocycles. The summed E-state index contributed by atoms with van der Waals surface area (Å²) in [5.41, 5.74) is 5.08. The Morgan fingerprint density at radius 1 is 1.35 bits per heavy atom. The second kappa shape index (κ2) is 5.87. The van der Waals surface area contributed by atoms with Gasteiger partial charge in [0, 0.05) is 13.0 Å². The van der Waals surface area contributed by atoms with Crippen molar-refractivity contribution in [2.75, 3.05) is 12.3 Å². The lowest BCUT2D eigenvalue weighted by atomic mass is 10.1. The molecular weight excluding hydrogens is 262 g/mol. The first kappa shape index (κ1) is 13.6.